The molecule has 0 heterocycles. The van der Waals surface area contributed by atoms with Crippen LogP contribution in [0.3, 0.4) is 0 Å². The zero-order valence-corrected chi connectivity index (χ0v) is 9.79. The van der Waals surface area contributed by atoms with Gasteiger partial charge in [0.05, 0.1) is 11.4 Å². The largest absolute Gasteiger partial charge is 0.398 e. The summed E-state index contributed by atoms with van der Waals surface area (Å²) in [7, 11) is 1.44. The molecule has 0 saturated carbocycles. The maximum Gasteiger partial charge on any atom is 0.398 e. The standard InChI is InChI=1S/C10H11F4NOS/c1-16-6-15-9-3-2-7(4-8(9)11)17-5-10(12,13)14/h2-4,15H,5-6H2,1H3. The summed E-state index contributed by atoms with van der Waals surface area (Å²) >= 11 is 0.550. The molecule has 1 rings (SSSR count). The molecule has 0 bridgehead atoms. The van der Waals surface area contributed by atoms with Crippen molar-refractivity contribution in [3.63, 3.8) is 0 Å². The Hall–Kier alpha value is -0.950. The Balaban J connectivity index is 2.62. The van der Waals surface area contributed by atoms with Crippen LogP contribution in [0.25, 0.3) is 0 Å². The van der Waals surface area contributed by atoms with E-state index in [9.17, 15) is 17.6 Å². The Morgan fingerprint density at radius 3 is 2.59 bits per heavy atom. The van der Waals surface area contributed by atoms with E-state index < -0.39 is 17.7 Å². The number of benzene rings is 1. The van der Waals surface area contributed by atoms with Crippen molar-refractivity contribution in [3.8, 4) is 0 Å². The highest BCUT2D eigenvalue weighted by atomic mass is 32.2. The van der Waals surface area contributed by atoms with Crippen molar-refractivity contribution in [3.05, 3.63) is 24.0 Å². The number of hydrogen-bond donors (Lipinski definition) is 1. The second-order valence-corrected chi connectivity index (χ2v) is 4.20. The molecule has 0 aromatic heterocycles. The molecule has 0 atom stereocenters. The average Bonchev–Trinajstić information content (AvgIpc) is 2.24. The third-order valence-electron chi connectivity index (χ3n) is 1.75. The number of halogens is 4. The highest BCUT2D eigenvalue weighted by Crippen LogP contribution is 2.29. The fraction of sp³-hybridized carbons (Fsp3) is 0.400. The summed E-state index contributed by atoms with van der Waals surface area (Å²) in [5.41, 5.74) is 0.197. The molecule has 0 fully saturated rings. The van der Waals surface area contributed by atoms with Crippen molar-refractivity contribution >= 4 is 17.4 Å². The van der Waals surface area contributed by atoms with Crippen molar-refractivity contribution in [2.24, 2.45) is 0 Å². The monoisotopic (exact) mass is 269 g/mol. The lowest BCUT2D eigenvalue weighted by Crippen LogP contribution is -2.10. The first-order valence-corrected chi connectivity index (χ1v) is 5.63. The highest BCUT2D eigenvalue weighted by molar-refractivity contribution is 7.99. The van der Waals surface area contributed by atoms with Gasteiger partial charge in [-0.2, -0.15) is 13.2 Å². The summed E-state index contributed by atoms with van der Waals surface area (Å²) in [6, 6.07) is 3.87. The third kappa shape index (κ3) is 5.27. The molecule has 0 unspecified atom stereocenters. The summed E-state index contributed by atoms with van der Waals surface area (Å²) in [6.45, 7) is 0.131. The van der Waals surface area contributed by atoms with Gasteiger partial charge in [-0.15, -0.1) is 11.8 Å². The normalized spacial score (nSPS) is 11.6. The molecule has 17 heavy (non-hydrogen) atoms. The molecule has 0 radical (unpaired) electrons. The zero-order valence-electron chi connectivity index (χ0n) is 8.97. The van der Waals surface area contributed by atoms with Gasteiger partial charge in [0.2, 0.25) is 0 Å². The molecule has 1 aromatic carbocycles. The molecule has 96 valence electrons. The zero-order chi connectivity index (χ0) is 12.9. The molecule has 2 nitrogen and oxygen atoms in total. The van der Waals surface area contributed by atoms with Crippen LogP contribution >= 0.6 is 11.8 Å². The Morgan fingerprint density at radius 2 is 2.06 bits per heavy atom. The predicted octanol–water partition coefficient (Wildman–Crippen LogP) is 3.50. The van der Waals surface area contributed by atoms with E-state index in [1.807, 2.05) is 0 Å². The topological polar surface area (TPSA) is 21.3 Å². The molecular weight excluding hydrogens is 258 g/mol. The van der Waals surface area contributed by atoms with Gasteiger partial charge in [0.25, 0.3) is 0 Å². The Bertz CT molecular complexity index is 370. The fourth-order valence-electron chi connectivity index (χ4n) is 1.04. The molecule has 7 heteroatoms. The maximum absolute atomic E-state index is 13.4. The summed E-state index contributed by atoms with van der Waals surface area (Å²) in [4.78, 5) is 0.239. The first-order chi connectivity index (χ1) is 7.92. The quantitative estimate of drug-likeness (QED) is 0.502. The van der Waals surface area contributed by atoms with Gasteiger partial charge < -0.3 is 10.1 Å². The molecule has 1 aromatic rings. The maximum atomic E-state index is 13.4. The van der Waals surface area contributed by atoms with Gasteiger partial charge >= 0.3 is 6.18 Å². The molecule has 0 aliphatic rings. The first kappa shape index (κ1) is 14.1. The van der Waals surface area contributed by atoms with Crippen LogP contribution in [0.5, 0.6) is 0 Å². The lowest BCUT2D eigenvalue weighted by atomic mass is 10.3. The minimum Gasteiger partial charge on any atom is -0.365 e. The van der Waals surface area contributed by atoms with Crippen LogP contribution in [0, 0.1) is 5.82 Å². The van der Waals surface area contributed by atoms with Crippen molar-refractivity contribution in [2.75, 3.05) is 24.9 Å². The third-order valence-corrected chi connectivity index (χ3v) is 2.81. The molecule has 0 spiro atoms. The van der Waals surface area contributed by atoms with Crippen LogP contribution in [0.15, 0.2) is 23.1 Å². The first-order valence-electron chi connectivity index (χ1n) is 4.64. The minimum atomic E-state index is -4.26. The van der Waals surface area contributed by atoms with Crippen molar-refractivity contribution in [1.29, 1.82) is 0 Å². The fourth-order valence-corrected chi connectivity index (χ4v) is 1.73. The van der Waals surface area contributed by atoms with Crippen LogP contribution in [-0.2, 0) is 4.74 Å². The number of rotatable bonds is 5. The van der Waals surface area contributed by atoms with Crippen molar-refractivity contribution in [2.45, 2.75) is 11.1 Å². The Morgan fingerprint density at radius 1 is 1.35 bits per heavy atom. The van der Waals surface area contributed by atoms with Crippen molar-refractivity contribution < 1.29 is 22.3 Å². The second-order valence-electron chi connectivity index (χ2n) is 3.16. The summed E-state index contributed by atoms with van der Waals surface area (Å²) in [5, 5.41) is 2.63. The summed E-state index contributed by atoms with van der Waals surface area (Å²) in [6.07, 6.45) is -4.26. The number of nitrogens with one attached hydrogen (secondary N) is 1. The van der Waals surface area contributed by atoms with E-state index in [1.165, 1.54) is 19.2 Å². The molecule has 0 amide bonds. The van der Waals surface area contributed by atoms with E-state index in [2.05, 4.69) is 5.32 Å². The van der Waals surface area contributed by atoms with Crippen molar-refractivity contribution in [1.82, 2.24) is 0 Å². The lowest BCUT2D eigenvalue weighted by molar-refractivity contribution is -0.105. The van der Waals surface area contributed by atoms with Gasteiger partial charge in [0, 0.05) is 12.0 Å². The SMILES string of the molecule is COCNc1ccc(SCC(F)(F)F)cc1F. The van der Waals surface area contributed by atoms with Gasteiger partial charge in [-0.25, -0.2) is 4.39 Å². The van der Waals surface area contributed by atoms with Crippen LogP contribution in [0.1, 0.15) is 0 Å². The molecule has 0 aliphatic carbocycles. The van der Waals surface area contributed by atoms with Gasteiger partial charge in [0.15, 0.2) is 0 Å². The summed E-state index contributed by atoms with van der Waals surface area (Å²) < 4.78 is 53.9. The lowest BCUT2D eigenvalue weighted by Gasteiger charge is -2.09. The Kier molecular flexibility index (Phi) is 5.07. The molecule has 0 saturated heterocycles. The number of thioether (sulfide) groups is 1. The minimum absolute atomic E-state index is 0.131. The van der Waals surface area contributed by atoms with Crippen LogP contribution in [-0.4, -0.2) is 25.8 Å². The number of alkyl halides is 3. The summed E-state index contributed by atoms with van der Waals surface area (Å²) in [5.74, 6) is -1.63. The van der Waals surface area contributed by atoms with Gasteiger partial charge in [-0.05, 0) is 18.2 Å². The van der Waals surface area contributed by atoms with E-state index in [0.29, 0.717) is 11.8 Å². The number of ether oxygens (including phenoxy) is 1. The van der Waals surface area contributed by atoms with Gasteiger partial charge in [-0.1, -0.05) is 0 Å². The number of methoxy groups -OCH3 is 1. The molecule has 0 aliphatic heterocycles. The highest BCUT2D eigenvalue weighted by Gasteiger charge is 2.27. The van der Waals surface area contributed by atoms with E-state index in [4.69, 9.17) is 4.74 Å². The van der Waals surface area contributed by atoms with E-state index in [1.54, 1.807) is 0 Å². The van der Waals surface area contributed by atoms with Crippen LogP contribution < -0.4 is 5.32 Å². The number of anilines is 1. The molecular formula is C10H11F4NOS. The van der Waals surface area contributed by atoms with Crippen LogP contribution in [0.2, 0.25) is 0 Å². The average molecular weight is 269 g/mol. The van der Waals surface area contributed by atoms with Gasteiger partial charge in [-0.3, -0.25) is 0 Å². The smallest absolute Gasteiger partial charge is 0.365 e. The van der Waals surface area contributed by atoms with E-state index >= 15 is 0 Å². The number of hydrogen-bond acceptors (Lipinski definition) is 3. The predicted molar refractivity (Wildman–Crippen MR) is 58.7 cm³/mol. The van der Waals surface area contributed by atoms with E-state index in [-0.39, 0.29) is 17.3 Å². The second kappa shape index (κ2) is 6.11. The Labute approximate surface area is 100 Å². The van der Waals surface area contributed by atoms with Gasteiger partial charge in [0.1, 0.15) is 12.5 Å². The van der Waals surface area contributed by atoms with E-state index in [0.717, 1.165) is 6.07 Å². The molecule has 1 N–H and O–H groups in total. The van der Waals surface area contributed by atoms with Crippen LogP contribution in [0.4, 0.5) is 23.2 Å².